The molecule has 2 heterocycles. The summed E-state index contributed by atoms with van der Waals surface area (Å²) in [6.07, 6.45) is 2.45. The zero-order chi connectivity index (χ0) is 11.5. The minimum absolute atomic E-state index is 0.135. The highest BCUT2D eigenvalue weighted by Gasteiger charge is 2.23. The summed E-state index contributed by atoms with van der Waals surface area (Å²) in [6.45, 7) is 5.48. The number of aromatic nitrogens is 1. The zero-order valence-corrected chi connectivity index (χ0v) is 9.76. The van der Waals surface area contributed by atoms with Gasteiger partial charge in [-0.1, -0.05) is 0 Å². The Bertz CT molecular complexity index is 355. The standard InChI is InChI=1S/C12H18N2O2/c1-9(2)16-11-4-3-6-13-12(11)14-7-5-10(15)8-14/h3-4,6,9-10,15H,5,7-8H2,1-2H3/t10-/m1/s1. The summed E-state index contributed by atoms with van der Waals surface area (Å²) in [7, 11) is 0. The zero-order valence-electron chi connectivity index (χ0n) is 9.76. The third kappa shape index (κ3) is 2.44. The van der Waals surface area contributed by atoms with Gasteiger partial charge < -0.3 is 14.7 Å². The number of aliphatic hydroxyl groups excluding tert-OH is 1. The predicted molar refractivity (Wildman–Crippen MR) is 62.8 cm³/mol. The van der Waals surface area contributed by atoms with Crippen LogP contribution in [0.5, 0.6) is 5.75 Å². The van der Waals surface area contributed by atoms with Crippen molar-refractivity contribution in [3.8, 4) is 5.75 Å². The molecule has 1 aliphatic heterocycles. The molecule has 1 aromatic rings. The Morgan fingerprint density at radius 3 is 3.00 bits per heavy atom. The van der Waals surface area contributed by atoms with Crippen LogP contribution in [-0.2, 0) is 0 Å². The van der Waals surface area contributed by atoms with E-state index in [2.05, 4.69) is 9.88 Å². The van der Waals surface area contributed by atoms with E-state index in [-0.39, 0.29) is 12.2 Å². The Hall–Kier alpha value is -1.29. The fraction of sp³-hybridized carbons (Fsp3) is 0.583. The van der Waals surface area contributed by atoms with Gasteiger partial charge >= 0.3 is 0 Å². The molecule has 1 saturated heterocycles. The predicted octanol–water partition coefficient (Wildman–Crippen LogP) is 1.44. The average molecular weight is 222 g/mol. The van der Waals surface area contributed by atoms with Crippen molar-refractivity contribution in [2.24, 2.45) is 0 Å². The summed E-state index contributed by atoms with van der Waals surface area (Å²) in [6, 6.07) is 3.79. The van der Waals surface area contributed by atoms with Gasteiger partial charge in [0.1, 0.15) is 0 Å². The van der Waals surface area contributed by atoms with Crippen LogP contribution in [0.25, 0.3) is 0 Å². The van der Waals surface area contributed by atoms with E-state index in [1.807, 2.05) is 26.0 Å². The van der Waals surface area contributed by atoms with Crippen molar-refractivity contribution in [2.75, 3.05) is 18.0 Å². The lowest BCUT2D eigenvalue weighted by Crippen LogP contribution is -2.23. The monoisotopic (exact) mass is 222 g/mol. The number of nitrogens with zero attached hydrogens (tertiary/aromatic N) is 2. The maximum atomic E-state index is 9.52. The summed E-state index contributed by atoms with van der Waals surface area (Å²) in [5, 5.41) is 9.52. The lowest BCUT2D eigenvalue weighted by molar-refractivity contribution is 0.198. The molecule has 0 unspecified atom stereocenters. The van der Waals surface area contributed by atoms with Gasteiger partial charge in [0.25, 0.3) is 0 Å². The van der Waals surface area contributed by atoms with Crippen LogP contribution in [0.15, 0.2) is 18.3 Å². The lowest BCUT2D eigenvalue weighted by atomic mass is 10.3. The Morgan fingerprint density at radius 2 is 2.38 bits per heavy atom. The Labute approximate surface area is 95.9 Å². The average Bonchev–Trinajstić information content (AvgIpc) is 2.65. The van der Waals surface area contributed by atoms with Crippen molar-refractivity contribution in [1.29, 1.82) is 0 Å². The van der Waals surface area contributed by atoms with Gasteiger partial charge in [-0.2, -0.15) is 0 Å². The normalized spacial score (nSPS) is 20.5. The topological polar surface area (TPSA) is 45.6 Å². The third-order valence-corrected chi connectivity index (χ3v) is 2.58. The first-order chi connectivity index (χ1) is 7.66. The van der Waals surface area contributed by atoms with E-state index < -0.39 is 0 Å². The highest BCUT2D eigenvalue weighted by Crippen LogP contribution is 2.28. The molecule has 1 aliphatic rings. The fourth-order valence-corrected chi connectivity index (χ4v) is 1.90. The molecule has 4 heteroatoms. The molecule has 0 aromatic carbocycles. The maximum absolute atomic E-state index is 9.52. The molecule has 2 rings (SSSR count). The minimum Gasteiger partial charge on any atom is -0.487 e. The van der Waals surface area contributed by atoms with Gasteiger partial charge in [0.15, 0.2) is 11.6 Å². The molecule has 1 atom stereocenters. The number of hydrogen-bond acceptors (Lipinski definition) is 4. The summed E-state index contributed by atoms with van der Waals surface area (Å²) < 4.78 is 5.71. The first kappa shape index (κ1) is 11.2. The summed E-state index contributed by atoms with van der Waals surface area (Å²) in [5.74, 6) is 1.64. The SMILES string of the molecule is CC(C)Oc1cccnc1N1CC[C@@H](O)C1. The van der Waals surface area contributed by atoms with Crippen molar-refractivity contribution in [3.63, 3.8) is 0 Å². The van der Waals surface area contributed by atoms with Crippen LogP contribution in [0.1, 0.15) is 20.3 Å². The highest BCUT2D eigenvalue weighted by atomic mass is 16.5. The molecule has 88 valence electrons. The van der Waals surface area contributed by atoms with Gasteiger partial charge in [0.2, 0.25) is 0 Å². The second-order valence-corrected chi connectivity index (χ2v) is 4.38. The molecular formula is C12H18N2O2. The van der Waals surface area contributed by atoms with Crippen LogP contribution in [0.2, 0.25) is 0 Å². The van der Waals surface area contributed by atoms with Gasteiger partial charge in [-0.3, -0.25) is 0 Å². The van der Waals surface area contributed by atoms with Crippen molar-refractivity contribution in [1.82, 2.24) is 4.98 Å². The molecule has 1 N–H and O–H groups in total. The molecule has 0 aliphatic carbocycles. The van der Waals surface area contributed by atoms with E-state index >= 15 is 0 Å². The number of pyridine rings is 1. The summed E-state index contributed by atoms with van der Waals surface area (Å²) >= 11 is 0. The van der Waals surface area contributed by atoms with Gasteiger partial charge in [-0.05, 0) is 32.4 Å². The number of ether oxygens (including phenoxy) is 1. The van der Waals surface area contributed by atoms with E-state index in [0.717, 1.165) is 24.5 Å². The number of aliphatic hydroxyl groups is 1. The number of anilines is 1. The Morgan fingerprint density at radius 1 is 1.56 bits per heavy atom. The van der Waals surface area contributed by atoms with Crippen LogP contribution in [0.3, 0.4) is 0 Å². The van der Waals surface area contributed by atoms with Crippen molar-refractivity contribution in [3.05, 3.63) is 18.3 Å². The first-order valence-electron chi connectivity index (χ1n) is 5.71. The van der Waals surface area contributed by atoms with E-state index in [1.54, 1.807) is 6.20 Å². The van der Waals surface area contributed by atoms with Crippen LogP contribution in [-0.4, -0.2) is 35.4 Å². The van der Waals surface area contributed by atoms with Gasteiger partial charge in [-0.25, -0.2) is 4.98 Å². The number of hydrogen-bond donors (Lipinski definition) is 1. The van der Waals surface area contributed by atoms with Crippen molar-refractivity contribution < 1.29 is 9.84 Å². The Balaban J connectivity index is 2.19. The van der Waals surface area contributed by atoms with Crippen LogP contribution in [0.4, 0.5) is 5.82 Å². The second kappa shape index (κ2) is 4.70. The van der Waals surface area contributed by atoms with Gasteiger partial charge in [0.05, 0.1) is 12.2 Å². The molecule has 4 nitrogen and oxygen atoms in total. The van der Waals surface area contributed by atoms with E-state index in [9.17, 15) is 5.11 Å². The fourth-order valence-electron chi connectivity index (χ4n) is 1.90. The minimum atomic E-state index is -0.242. The van der Waals surface area contributed by atoms with E-state index in [0.29, 0.717) is 6.54 Å². The molecule has 0 bridgehead atoms. The second-order valence-electron chi connectivity index (χ2n) is 4.38. The van der Waals surface area contributed by atoms with Crippen molar-refractivity contribution in [2.45, 2.75) is 32.5 Å². The molecule has 0 spiro atoms. The highest BCUT2D eigenvalue weighted by molar-refractivity contribution is 5.52. The van der Waals surface area contributed by atoms with Gasteiger partial charge in [-0.15, -0.1) is 0 Å². The lowest BCUT2D eigenvalue weighted by Gasteiger charge is -2.21. The summed E-state index contributed by atoms with van der Waals surface area (Å²) in [5.41, 5.74) is 0. The molecule has 1 aromatic heterocycles. The Kier molecular flexibility index (Phi) is 3.29. The largest absolute Gasteiger partial charge is 0.487 e. The molecule has 16 heavy (non-hydrogen) atoms. The van der Waals surface area contributed by atoms with Crippen molar-refractivity contribution >= 4 is 5.82 Å². The van der Waals surface area contributed by atoms with Crippen LogP contribution in [0, 0.1) is 0 Å². The molecule has 1 fully saturated rings. The molecule has 0 radical (unpaired) electrons. The number of rotatable bonds is 3. The van der Waals surface area contributed by atoms with Crippen LogP contribution < -0.4 is 9.64 Å². The quantitative estimate of drug-likeness (QED) is 0.840. The molecule has 0 amide bonds. The van der Waals surface area contributed by atoms with E-state index in [1.165, 1.54) is 0 Å². The number of β-amino-alcohol motifs (C(OH)–C–C–N with tert-alkyl or cyclic N) is 1. The van der Waals surface area contributed by atoms with Gasteiger partial charge in [0, 0.05) is 19.3 Å². The summed E-state index contributed by atoms with van der Waals surface area (Å²) in [4.78, 5) is 6.41. The van der Waals surface area contributed by atoms with E-state index in [4.69, 9.17) is 4.74 Å². The molecular weight excluding hydrogens is 204 g/mol. The third-order valence-electron chi connectivity index (χ3n) is 2.58. The maximum Gasteiger partial charge on any atom is 0.171 e. The molecule has 0 saturated carbocycles. The smallest absolute Gasteiger partial charge is 0.171 e. The van der Waals surface area contributed by atoms with Crippen LogP contribution >= 0.6 is 0 Å². The first-order valence-corrected chi connectivity index (χ1v) is 5.71.